The number of hydrogen-bond donors (Lipinski definition) is 0. The quantitative estimate of drug-likeness (QED) is 0.719. The smallest absolute Gasteiger partial charge is 0.203 e. The molecule has 4 rings (SSSR count). The molecule has 20 heavy (non-hydrogen) atoms. The normalized spacial score (nSPS) is 19.6. The van der Waals surface area contributed by atoms with Crippen molar-refractivity contribution in [3.63, 3.8) is 0 Å². The Morgan fingerprint density at radius 1 is 1.40 bits per heavy atom. The van der Waals surface area contributed by atoms with Gasteiger partial charge in [0.2, 0.25) is 5.65 Å². The summed E-state index contributed by atoms with van der Waals surface area (Å²) in [6.07, 6.45) is 5.43. The first kappa shape index (κ1) is 11.8. The number of nitrogens with zero attached hydrogens (tertiary/aromatic N) is 5. The molecule has 1 aliphatic rings. The van der Waals surface area contributed by atoms with Gasteiger partial charge in [-0.05, 0) is 11.4 Å². The van der Waals surface area contributed by atoms with Gasteiger partial charge in [-0.2, -0.15) is 0 Å². The Morgan fingerprint density at radius 2 is 2.40 bits per heavy atom. The first-order chi connectivity index (χ1) is 9.92. The van der Waals surface area contributed by atoms with Crippen LogP contribution in [0.4, 0.5) is 5.82 Å². The number of rotatable bonds is 2. The summed E-state index contributed by atoms with van der Waals surface area (Å²) in [5.41, 5.74) is 0.791. The van der Waals surface area contributed by atoms with Crippen LogP contribution < -0.4 is 4.90 Å². The second kappa shape index (κ2) is 4.84. The molecular formula is C13H13N5OS. The van der Waals surface area contributed by atoms with Crippen LogP contribution in [0.5, 0.6) is 0 Å². The number of fused-ring (bicyclic) bond motifs is 1. The second-order valence-electron chi connectivity index (χ2n) is 4.63. The third kappa shape index (κ3) is 1.95. The van der Waals surface area contributed by atoms with Gasteiger partial charge in [0.15, 0.2) is 5.82 Å². The summed E-state index contributed by atoms with van der Waals surface area (Å²) in [7, 11) is 0. The molecule has 0 radical (unpaired) electrons. The first-order valence-corrected chi connectivity index (χ1v) is 7.34. The van der Waals surface area contributed by atoms with Crippen molar-refractivity contribution in [2.45, 2.75) is 6.10 Å². The van der Waals surface area contributed by atoms with Crippen LogP contribution in [0, 0.1) is 0 Å². The van der Waals surface area contributed by atoms with Crippen molar-refractivity contribution < 1.29 is 4.74 Å². The van der Waals surface area contributed by atoms with Gasteiger partial charge in [0, 0.05) is 23.8 Å². The van der Waals surface area contributed by atoms with Gasteiger partial charge < -0.3 is 9.64 Å². The molecule has 0 N–H and O–H groups in total. The van der Waals surface area contributed by atoms with Crippen LogP contribution in [0.15, 0.2) is 36.2 Å². The van der Waals surface area contributed by atoms with Gasteiger partial charge in [0.25, 0.3) is 0 Å². The summed E-state index contributed by atoms with van der Waals surface area (Å²) in [4.78, 5) is 7.94. The molecular weight excluding hydrogens is 274 g/mol. The largest absolute Gasteiger partial charge is 0.369 e. The fourth-order valence-electron chi connectivity index (χ4n) is 2.46. The highest BCUT2D eigenvalue weighted by atomic mass is 32.1. The molecule has 0 amide bonds. The van der Waals surface area contributed by atoms with Crippen LogP contribution in [0.3, 0.4) is 0 Å². The Balaban J connectivity index is 1.66. The maximum Gasteiger partial charge on any atom is 0.203 e. The lowest BCUT2D eigenvalue weighted by Crippen LogP contribution is -2.38. The van der Waals surface area contributed by atoms with E-state index in [9.17, 15) is 0 Å². The molecule has 3 aromatic rings. The van der Waals surface area contributed by atoms with Crippen molar-refractivity contribution in [2.75, 3.05) is 24.6 Å². The van der Waals surface area contributed by atoms with Crippen LogP contribution >= 0.6 is 11.3 Å². The highest BCUT2D eigenvalue weighted by molar-refractivity contribution is 7.10. The zero-order valence-corrected chi connectivity index (χ0v) is 11.5. The minimum absolute atomic E-state index is 0.105. The third-order valence-electron chi connectivity index (χ3n) is 3.42. The van der Waals surface area contributed by atoms with Gasteiger partial charge in [-0.25, -0.2) is 4.98 Å². The SMILES string of the molecule is c1csc([C@H]2CN(c3nccn4cnnc34)CCO2)c1. The molecule has 0 aromatic carbocycles. The minimum atomic E-state index is 0.105. The molecule has 3 aromatic heterocycles. The molecule has 1 fully saturated rings. The van der Waals surface area contributed by atoms with Gasteiger partial charge in [0.1, 0.15) is 12.4 Å². The molecule has 6 nitrogen and oxygen atoms in total. The predicted molar refractivity (Wildman–Crippen MR) is 76.0 cm³/mol. The Labute approximate surface area is 119 Å². The maximum absolute atomic E-state index is 5.87. The van der Waals surface area contributed by atoms with Gasteiger partial charge in [-0.1, -0.05) is 6.07 Å². The molecule has 0 aliphatic carbocycles. The van der Waals surface area contributed by atoms with Crippen molar-refractivity contribution in [2.24, 2.45) is 0 Å². The summed E-state index contributed by atoms with van der Waals surface area (Å²) < 4.78 is 7.75. The van der Waals surface area contributed by atoms with Crippen LogP contribution in [-0.2, 0) is 4.74 Å². The van der Waals surface area contributed by atoms with E-state index in [1.807, 2.05) is 10.6 Å². The average Bonchev–Trinajstić information content (AvgIpc) is 3.18. The van der Waals surface area contributed by atoms with Crippen molar-refractivity contribution >= 4 is 22.8 Å². The van der Waals surface area contributed by atoms with E-state index in [1.165, 1.54) is 4.88 Å². The zero-order valence-electron chi connectivity index (χ0n) is 10.7. The summed E-state index contributed by atoms with van der Waals surface area (Å²) in [5, 5.41) is 10.2. The van der Waals surface area contributed by atoms with E-state index in [2.05, 4.69) is 37.6 Å². The van der Waals surface area contributed by atoms with Crippen LogP contribution in [0.25, 0.3) is 5.65 Å². The van der Waals surface area contributed by atoms with E-state index in [0.29, 0.717) is 6.61 Å². The van der Waals surface area contributed by atoms with E-state index in [4.69, 9.17) is 4.74 Å². The van der Waals surface area contributed by atoms with E-state index in [-0.39, 0.29) is 6.10 Å². The number of ether oxygens (including phenoxy) is 1. The molecule has 4 heterocycles. The fourth-order valence-corrected chi connectivity index (χ4v) is 3.22. The maximum atomic E-state index is 5.87. The molecule has 0 bridgehead atoms. The molecule has 0 saturated carbocycles. The monoisotopic (exact) mass is 287 g/mol. The van der Waals surface area contributed by atoms with Gasteiger partial charge >= 0.3 is 0 Å². The highest BCUT2D eigenvalue weighted by Gasteiger charge is 2.25. The summed E-state index contributed by atoms with van der Waals surface area (Å²) in [6.45, 7) is 2.31. The summed E-state index contributed by atoms with van der Waals surface area (Å²) >= 11 is 1.73. The lowest BCUT2D eigenvalue weighted by molar-refractivity contribution is 0.0419. The highest BCUT2D eigenvalue weighted by Crippen LogP contribution is 2.28. The number of anilines is 1. The Bertz CT molecular complexity index is 710. The topological polar surface area (TPSA) is 55.6 Å². The van der Waals surface area contributed by atoms with E-state index < -0.39 is 0 Å². The summed E-state index contributed by atoms with van der Waals surface area (Å²) in [6, 6.07) is 4.17. The number of thiophene rings is 1. The standard InChI is InChI=1S/C13H13N5OS/c1-2-11(20-7-1)10-8-17(5-6-19-10)12-13-16-15-9-18(13)4-3-14-12/h1-4,7,9-10H,5-6,8H2/t10-/m1/s1. The average molecular weight is 287 g/mol. The van der Waals surface area contributed by atoms with Crippen molar-refractivity contribution in [3.05, 3.63) is 41.1 Å². The molecule has 102 valence electrons. The van der Waals surface area contributed by atoms with Gasteiger partial charge in [-0.3, -0.25) is 4.40 Å². The Morgan fingerprint density at radius 3 is 3.30 bits per heavy atom. The van der Waals surface area contributed by atoms with Crippen molar-refractivity contribution in [1.29, 1.82) is 0 Å². The second-order valence-corrected chi connectivity index (χ2v) is 5.61. The third-order valence-corrected chi connectivity index (χ3v) is 4.39. The van der Waals surface area contributed by atoms with E-state index in [0.717, 1.165) is 24.6 Å². The van der Waals surface area contributed by atoms with Crippen LogP contribution in [-0.4, -0.2) is 39.3 Å². The minimum Gasteiger partial charge on any atom is -0.369 e. The van der Waals surface area contributed by atoms with Crippen molar-refractivity contribution in [3.8, 4) is 0 Å². The molecule has 1 atom stereocenters. The fraction of sp³-hybridized carbons (Fsp3) is 0.308. The Hall–Kier alpha value is -1.99. The van der Waals surface area contributed by atoms with Crippen LogP contribution in [0.1, 0.15) is 11.0 Å². The molecule has 7 heteroatoms. The lowest BCUT2D eigenvalue weighted by Gasteiger charge is -2.33. The van der Waals surface area contributed by atoms with Gasteiger partial charge in [-0.15, -0.1) is 21.5 Å². The molecule has 1 saturated heterocycles. The molecule has 0 unspecified atom stereocenters. The number of hydrogen-bond acceptors (Lipinski definition) is 6. The van der Waals surface area contributed by atoms with E-state index in [1.54, 1.807) is 23.9 Å². The van der Waals surface area contributed by atoms with Gasteiger partial charge in [0.05, 0.1) is 13.2 Å². The molecule has 0 spiro atoms. The number of aromatic nitrogens is 4. The van der Waals surface area contributed by atoms with Crippen LogP contribution in [0.2, 0.25) is 0 Å². The Kier molecular flexibility index (Phi) is 2.86. The zero-order chi connectivity index (χ0) is 13.4. The predicted octanol–water partition coefficient (Wildman–Crippen LogP) is 1.76. The van der Waals surface area contributed by atoms with Crippen molar-refractivity contribution in [1.82, 2.24) is 19.6 Å². The first-order valence-electron chi connectivity index (χ1n) is 6.46. The summed E-state index contributed by atoms with van der Waals surface area (Å²) in [5.74, 6) is 0.870. The van der Waals surface area contributed by atoms with E-state index >= 15 is 0 Å². The molecule has 1 aliphatic heterocycles. The number of morpholine rings is 1. The lowest BCUT2D eigenvalue weighted by atomic mass is 10.2.